The highest BCUT2D eigenvalue weighted by atomic mass is 35.5. The SMILES string of the molecule is CCc1ccc(Cl)c(CC)c1NC(=O)CSc1nc(C)c(C)n1CC1CCCO1. The molecule has 1 aliphatic heterocycles. The van der Waals surface area contributed by atoms with E-state index >= 15 is 0 Å². The van der Waals surface area contributed by atoms with Gasteiger partial charge >= 0.3 is 0 Å². The number of imidazole rings is 1. The van der Waals surface area contributed by atoms with Gasteiger partial charge in [-0.3, -0.25) is 4.79 Å². The number of aromatic nitrogens is 2. The standard InChI is InChI=1S/C22H30ClN3O2S/c1-5-16-9-10-19(23)18(6-2)21(16)25-20(27)13-29-22-24-14(3)15(4)26(22)12-17-8-7-11-28-17/h9-10,17H,5-8,11-13H2,1-4H3,(H,25,27). The number of hydrogen-bond acceptors (Lipinski definition) is 4. The molecule has 2 heterocycles. The summed E-state index contributed by atoms with van der Waals surface area (Å²) >= 11 is 7.83. The second kappa shape index (κ2) is 10.0. The molecule has 1 saturated heterocycles. The molecule has 1 atom stereocenters. The van der Waals surface area contributed by atoms with E-state index < -0.39 is 0 Å². The molecule has 1 aromatic heterocycles. The molecule has 29 heavy (non-hydrogen) atoms. The summed E-state index contributed by atoms with van der Waals surface area (Å²) in [6.07, 6.45) is 4.05. The van der Waals surface area contributed by atoms with Crippen LogP contribution in [0.4, 0.5) is 5.69 Å². The largest absolute Gasteiger partial charge is 0.376 e. The predicted molar refractivity (Wildman–Crippen MR) is 120 cm³/mol. The van der Waals surface area contributed by atoms with E-state index in [9.17, 15) is 4.79 Å². The Kier molecular flexibility index (Phi) is 7.66. The minimum Gasteiger partial charge on any atom is -0.376 e. The summed E-state index contributed by atoms with van der Waals surface area (Å²) in [5, 5.41) is 4.68. The number of hydrogen-bond donors (Lipinski definition) is 1. The number of ether oxygens (including phenoxy) is 1. The Morgan fingerprint density at radius 3 is 2.79 bits per heavy atom. The highest BCUT2D eigenvalue weighted by molar-refractivity contribution is 7.99. The molecule has 158 valence electrons. The van der Waals surface area contributed by atoms with Gasteiger partial charge in [-0.1, -0.05) is 43.3 Å². The lowest BCUT2D eigenvalue weighted by atomic mass is 10.0. The highest BCUT2D eigenvalue weighted by Crippen LogP contribution is 2.30. The third-order valence-electron chi connectivity index (χ3n) is 5.51. The molecule has 0 bridgehead atoms. The lowest BCUT2D eigenvalue weighted by Crippen LogP contribution is -2.19. The van der Waals surface area contributed by atoms with Gasteiger partial charge in [0.25, 0.3) is 0 Å². The van der Waals surface area contributed by atoms with Crippen LogP contribution in [0.3, 0.4) is 0 Å². The van der Waals surface area contributed by atoms with Crippen molar-refractivity contribution in [2.24, 2.45) is 0 Å². The zero-order valence-corrected chi connectivity index (χ0v) is 19.3. The average molecular weight is 436 g/mol. The van der Waals surface area contributed by atoms with Gasteiger partial charge in [-0.05, 0) is 56.7 Å². The quantitative estimate of drug-likeness (QED) is 0.580. The van der Waals surface area contributed by atoms with E-state index in [4.69, 9.17) is 16.3 Å². The molecule has 0 saturated carbocycles. The number of thioether (sulfide) groups is 1. The van der Waals surface area contributed by atoms with Crippen LogP contribution < -0.4 is 5.32 Å². The zero-order valence-electron chi connectivity index (χ0n) is 17.7. The predicted octanol–water partition coefficient (Wildman–Crippen LogP) is 5.19. The number of rotatable bonds is 8. The first-order valence-corrected chi connectivity index (χ1v) is 11.7. The molecule has 0 spiro atoms. The molecule has 5 nitrogen and oxygen atoms in total. The lowest BCUT2D eigenvalue weighted by Gasteiger charge is -2.16. The van der Waals surface area contributed by atoms with Crippen molar-refractivity contribution in [3.05, 3.63) is 39.7 Å². The van der Waals surface area contributed by atoms with Crippen LogP contribution in [0.25, 0.3) is 0 Å². The number of nitrogens with zero attached hydrogens (tertiary/aromatic N) is 2. The second-order valence-corrected chi connectivity index (χ2v) is 8.76. The minimum atomic E-state index is -0.0383. The van der Waals surface area contributed by atoms with Crippen molar-refractivity contribution in [3.63, 3.8) is 0 Å². The molecule has 1 N–H and O–H groups in total. The van der Waals surface area contributed by atoms with Crippen LogP contribution in [0.1, 0.15) is 49.2 Å². The molecule has 1 unspecified atom stereocenters. The Bertz CT molecular complexity index is 875. The number of halogens is 1. The fourth-order valence-corrected chi connectivity index (χ4v) is 4.91. The van der Waals surface area contributed by atoms with Gasteiger partial charge < -0.3 is 14.6 Å². The lowest BCUT2D eigenvalue weighted by molar-refractivity contribution is -0.113. The van der Waals surface area contributed by atoms with E-state index in [1.165, 1.54) is 11.8 Å². The van der Waals surface area contributed by atoms with Gasteiger partial charge in [0.05, 0.1) is 24.1 Å². The Hall–Kier alpha value is -1.50. The van der Waals surface area contributed by atoms with Crippen LogP contribution in [-0.2, 0) is 28.9 Å². The van der Waals surface area contributed by atoms with E-state index in [0.717, 1.165) is 72.2 Å². The molecule has 1 aromatic carbocycles. The van der Waals surface area contributed by atoms with E-state index in [1.54, 1.807) is 0 Å². The van der Waals surface area contributed by atoms with E-state index in [0.29, 0.717) is 10.8 Å². The van der Waals surface area contributed by atoms with E-state index in [1.807, 2.05) is 19.1 Å². The second-order valence-electron chi connectivity index (χ2n) is 7.41. The number of carbonyl (C=O) groups excluding carboxylic acids is 1. The van der Waals surface area contributed by atoms with Crippen molar-refractivity contribution < 1.29 is 9.53 Å². The third kappa shape index (κ3) is 5.16. The van der Waals surface area contributed by atoms with Crippen molar-refractivity contribution in [2.75, 3.05) is 17.7 Å². The minimum absolute atomic E-state index is 0.0383. The smallest absolute Gasteiger partial charge is 0.234 e. The van der Waals surface area contributed by atoms with Crippen molar-refractivity contribution in [2.45, 2.75) is 71.2 Å². The van der Waals surface area contributed by atoms with Crippen LogP contribution in [0.15, 0.2) is 17.3 Å². The fourth-order valence-electron chi connectivity index (χ4n) is 3.71. The van der Waals surface area contributed by atoms with Gasteiger partial charge in [0.15, 0.2) is 5.16 Å². The summed E-state index contributed by atoms with van der Waals surface area (Å²) in [6, 6.07) is 3.91. The van der Waals surface area contributed by atoms with Gasteiger partial charge in [0.1, 0.15) is 0 Å². The van der Waals surface area contributed by atoms with Gasteiger partial charge in [-0.2, -0.15) is 0 Å². The molecule has 2 aromatic rings. The maximum atomic E-state index is 12.7. The van der Waals surface area contributed by atoms with E-state index in [-0.39, 0.29) is 12.0 Å². The number of aryl methyl sites for hydroxylation is 2. The first-order chi connectivity index (χ1) is 13.9. The Morgan fingerprint density at radius 2 is 2.14 bits per heavy atom. The molecule has 7 heteroatoms. The number of nitrogens with one attached hydrogen (secondary N) is 1. The van der Waals surface area contributed by atoms with Crippen LogP contribution in [0, 0.1) is 13.8 Å². The number of carbonyl (C=O) groups is 1. The van der Waals surface area contributed by atoms with Crippen molar-refractivity contribution in [1.29, 1.82) is 0 Å². The monoisotopic (exact) mass is 435 g/mol. The highest BCUT2D eigenvalue weighted by Gasteiger charge is 2.21. The molecule has 0 radical (unpaired) electrons. The van der Waals surface area contributed by atoms with Gasteiger partial charge in [0, 0.05) is 23.0 Å². The third-order valence-corrected chi connectivity index (χ3v) is 6.84. The van der Waals surface area contributed by atoms with Crippen molar-refractivity contribution >= 4 is 35.0 Å². The van der Waals surface area contributed by atoms with Gasteiger partial charge in [0.2, 0.25) is 5.91 Å². The molecule has 1 fully saturated rings. The van der Waals surface area contributed by atoms with Crippen LogP contribution >= 0.6 is 23.4 Å². The Morgan fingerprint density at radius 1 is 1.34 bits per heavy atom. The van der Waals surface area contributed by atoms with Gasteiger partial charge in [-0.15, -0.1) is 0 Å². The maximum Gasteiger partial charge on any atom is 0.234 e. The average Bonchev–Trinajstić information content (AvgIpc) is 3.31. The molecule has 3 rings (SSSR count). The first-order valence-electron chi connectivity index (χ1n) is 10.3. The summed E-state index contributed by atoms with van der Waals surface area (Å²) in [4.78, 5) is 17.4. The molecule has 0 aliphatic carbocycles. The van der Waals surface area contributed by atoms with Crippen LogP contribution in [0.2, 0.25) is 5.02 Å². The summed E-state index contributed by atoms with van der Waals surface area (Å²) in [7, 11) is 0. The first kappa shape index (κ1) is 22.2. The number of amides is 1. The molecular weight excluding hydrogens is 406 g/mol. The summed E-state index contributed by atoms with van der Waals surface area (Å²) in [5.74, 6) is 0.267. The number of benzene rings is 1. The normalized spacial score (nSPS) is 16.4. The summed E-state index contributed by atoms with van der Waals surface area (Å²) in [5.41, 5.74) is 5.11. The fraction of sp³-hybridized carbons (Fsp3) is 0.545. The maximum absolute atomic E-state index is 12.7. The Balaban J connectivity index is 1.70. The topological polar surface area (TPSA) is 56.2 Å². The van der Waals surface area contributed by atoms with Crippen molar-refractivity contribution in [1.82, 2.24) is 9.55 Å². The zero-order chi connectivity index (χ0) is 21.0. The van der Waals surface area contributed by atoms with E-state index in [2.05, 4.69) is 35.6 Å². The summed E-state index contributed by atoms with van der Waals surface area (Å²) < 4.78 is 7.99. The summed E-state index contributed by atoms with van der Waals surface area (Å²) in [6.45, 7) is 9.86. The Labute approximate surface area is 182 Å². The number of anilines is 1. The molecule has 1 aliphatic rings. The van der Waals surface area contributed by atoms with Crippen LogP contribution in [-0.4, -0.2) is 33.9 Å². The molecular formula is C22H30ClN3O2S. The van der Waals surface area contributed by atoms with Crippen LogP contribution in [0.5, 0.6) is 0 Å². The van der Waals surface area contributed by atoms with Crippen molar-refractivity contribution in [3.8, 4) is 0 Å². The van der Waals surface area contributed by atoms with Gasteiger partial charge in [-0.25, -0.2) is 4.98 Å². The molecule has 1 amide bonds.